The van der Waals surface area contributed by atoms with Gasteiger partial charge in [-0.1, -0.05) is 68.0 Å². The number of imidazole rings is 1. The minimum atomic E-state index is -0.921. The van der Waals surface area contributed by atoms with Gasteiger partial charge >= 0.3 is 7.48 Å². The average molecular weight is 506 g/mol. The fraction of sp³-hybridized carbons (Fsp3) is 0.424. The molecule has 1 N–H and O–H groups in total. The number of rotatable bonds is 6. The van der Waals surface area contributed by atoms with Crippen molar-refractivity contribution in [3.8, 4) is 16.8 Å². The van der Waals surface area contributed by atoms with Gasteiger partial charge in [0, 0.05) is 17.5 Å². The third-order valence-corrected chi connectivity index (χ3v) is 9.39. The molecule has 0 unspecified atom stereocenters. The maximum absolute atomic E-state index is 10.6. The highest BCUT2D eigenvalue weighted by atomic mass is 16.5. The molecule has 6 rings (SSSR count). The molecule has 0 radical (unpaired) electrons. The Kier molecular flexibility index (Phi) is 6.08. The predicted molar refractivity (Wildman–Crippen MR) is 158 cm³/mol. The van der Waals surface area contributed by atoms with Crippen molar-refractivity contribution in [1.29, 1.82) is 0 Å². The summed E-state index contributed by atoms with van der Waals surface area (Å²) in [6, 6.07) is 22.4. The summed E-state index contributed by atoms with van der Waals surface area (Å²) in [6.07, 6.45) is 7.07. The molecule has 1 spiro atoms. The molecule has 1 heterocycles. The topological polar surface area (TPSA) is 47.3 Å². The Morgan fingerprint density at radius 3 is 2.32 bits per heavy atom. The molecule has 3 aromatic carbocycles. The van der Waals surface area contributed by atoms with E-state index in [0.717, 1.165) is 17.8 Å². The maximum Gasteiger partial charge on any atom is 0.309 e. The molecule has 4 nitrogen and oxygen atoms in total. The van der Waals surface area contributed by atoms with Crippen LogP contribution in [0.4, 0.5) is 0 Å². The average Bonchev–Trinajstić information content (AvgIpc) is 3.41. The molecule has 196 valence electrons. The van der Waals surface area contributed by atoms with Crippen molar-refractivity contribution in [3.63, 3.8) is 0 Å². The van der Waals surface area contributed by atoms with E-state index in [2.05, 4.69) is 72.2 Å². The zero-order chi connectivity index (χ0) is 26.7. The van der Waals surface area contributed by atoms with E-state index in [-0.39, 0.29) is 5.41 Å². The summed E-state index contributed by atoms with van der Waals surface area (Å²) in [5.41, 5.74) is 8.76. The number of hydrogen-bond acceptors (Lipinski definition) is 3. The third-order valence-electron chi connectivity index (χ3n) is 9.39. The molecule has 1 saturated carbocycles. The first kappa shape index (κ1) is 25.4. The molecule has 0 atom stereocenters. The number of aromatic nitrogens is 2. The number of hydrogen-bond donors (Lipinski definition) is 1. The second-order valence-corrected chi connectivity index (χ2v) is 12.3. The molecule has 0 aliphatic heterocycles. The Balaban J connectivity index is 1.44. The van der Waals surface area contributed by atoms with Gasteiger partial charge in [0.2, 0.25) is 0 Å². The van der Waals surface area contributed by atoms with Crippen molar-refractivity contribution in [1.82, 2.24) is 9.55 Å². The molecule has 2 aliphatic rings. The first-order valence-corrected chi connectivity index (χ1v) is 14.3. The van der Waals surface area contributed by atoms with Gasteiger partial charge in [-0.2, -0.15) is 0 Å². The lowest BCUT2D eigenvalue weighted by molar-refractivity contribution is -0.0893. The van der Waals surface area contributed by atoms with Crippen LogP contribution in [-0.4, -0.2) is 33.3 Å². The summed E-state index contributed by atoms with van der Waals surface area (Å²) < 4.78 is 8.62. The number of para-hydroxylation sites is 2. The Hall–Kier alpha value is -2.89. The first-order chi connectivity index (χ1) is 18.1. The first-order valence-electron chi connectivity index (χ1n) is 14.3. The SMILES string of the molecule is CCc1nc2ccccc2n1-c1ccc2c(c1)C1(CCCCC1)c1cc(BOC(C)(C)C(C)(C)O)ccc1-2. The summed E-state index contributed by atoms with van der Waals surface area (Å²) in [4.78, 5) is 4.94. The third kappa shape index (κ3) is 3.94. The van der Waals surface area contributed by atoms with Gasteiger partial charge in [-0.15, -0.1) is 0 Å². The summed E-state index contributed by atoms with van der Waals surface area (Å²) in [5, 5.41) is 10.6. The van der Waals surface area contributed by atoms with Crippen LogP contribution < -0.4 is 5.46 Å². The van der Waals surface area contributed by atoms with Crippen molar-refractivity contribution in [3.05, 3.63) is 77.6 Å². The second-order valence-electron chi connectivity index (χ2n) is 12.3. The highest BCUT2D eigenvalue weighted by molar-refractivity contribution is 6.47. The van der Waals surface area contributed by atoms with Crippen LogP contribution in [0, 0.1) is 0 Å². The molecule has 38 heavy (non-hydrogen) atoms. The van der Waals surface area contributed by atoms with E-state index in [1.807, 2.05) is 27.7 Å². The molecule has 1 aromatic heterocycles. The van der Waals surface area contributed by atoms with Crippen LogP contribution in [0.5, 0.6) is 0 Å². The fourth-order valence-electron chi connectivity index (χ4n) is 6.49. The maximum atomic E-state index is 10.6. The molecule has 4 aromatic rings. The number of nitrogens with zero attached hydrogens (tertiary/aromatic N) is 2. The van der Waals surface area contributed by atoms with Gasteiger partial charge in [0.1, 0.15) is 5.82 Å². The molecule has 2 aliphatic carbocycles. The lowest BCUT2D eigenvalue weighted by Crippen LogP contribution is -2.49. The van der Waals surface area contributed by atoms with Crippen LogP contribution in [0.25, 0.3) is 27.8 Å². The monoisotopic (exact) mass is 506 g/mol. The molecule has 0 bridgehead atoms. The van der Waals surface area contributed by atoms with E-state index < -0.39 is 11.2 Å². The van der Waals surface area contributed by atoms with Crippen LogP contribution in [0.2, 0.25) is 0 Å². The van der Waals surface area contributed by atoms with Gasteiger partial charge in [-0.05, 0) is 87.1 Å². The molecular formula is C33H39BN2O2. The standard InChI is InChI=1S/C33H39BN2O2/c1-6-30-35-28-12-8-9-13-29(28)36(30)23-15-17-25-24-16-14-22(34-38-32(4,5)31(2,3)37)20-26(24)33(27(25)21-23)18-10-7-11-19-33/h8-9,12-17,20-21,34,37H,6-7,10-11,18-19H2,1-5H3. The zero-order valence-corrected chi connectivity index (χ0v) is 23.5. The van der Waals surface area contributed by atoms with Crippen LogP contribution in [-0.2, 0) is 16.5 Å². The van der Waals surface area contributed by atoms with Gasteiger partial charge in [0.05, 0.1) is 22.2 Å². The lowest BCUT2D eigenvalue weighted by atomic mass is 9.67. The van der Waals surface area contributed by atoms with Crippen LogP contribution in [0.15, 0.2) is 60.7 Å². The highest BCUT2D eigenvalue weighted by Crippen LogP contribution is 2.55. The molecular weight excluding hydrogens is 467 g/mol. The van der Waals surface area contributed by atoms with Gasteiger partial charge in [0.15, 0.2) is 0 Å². The number of aliphatic hydroxyl groups is 1. The Bertz CT molecular complexity index is 1510. The summed E-state index contributed by atoms with van der Waals surface area (Å²) in [6.45, 7) is 9.74. The Morgan fingerprint density at radius 1 is 0.921 bits per heavy atom. The summed E-state index contributed by atoms with van der Waals surface area (Å²) >= 11 is 0. The number of fused-ring (bicyclic) bond motifs is 6. The smallest absolute Gasteiger partial charge is 0.309 e. The lowest BCUT2D eigenvalue weighted by Gasteiger charge is -2.38. The minimum absolute atomic E-state index is 0.0451. The summed E-state index contributed by atoms with van der Waals surface area (Å²) in [7, 11) is 0.489. The van der Waals surface area contributed by atoms with Crippen LogP contribution in [0.1, 0.15) is 83.7 Å². The van der Waals surface area contributed by atoms with Gasteiger partial charge in [0.25, 0.3) is 0 Å². The van der Waals surface area contributed by atoms with Gasteiger partial charge < -0.3 is 9.76 Å². The quantitative estimate of drug-likeness (QED) is 0.310. The predicted octanol–water partition coefficient (Wildman–Crippen LogP) is 6.36. The molecule has 0 saturated heterocycles. The van der Waals surface area contributed by atoms with E-state index >= 15 is 0 Å². The molecule has 1 fully saturated rings. The molecule has 0 amide bonds. The normalized spacial score (nSPS) is 16.6. The van der Waals surface area contributed by atoms with Crippen molar-refractivity contribution >= 4 is 24.0 Å². The zero-order valence-electron chi connectivity index (χ0n) is 23.5. The van der Waals surface area contributed by atoms with E-state index in [1.165, 1.54) is 71.0 Å². The number of aryl methyl sites for hydroxylation is 1. The number of benzene rings is 3. The fourth-order valence-corrected chi connectivity index (χ4v) is 6.49. The Morgan fingerprint density at radius 2 is 1.61 bits per heavy atom. The van der Waals surface area contributed by atoms with Crippen molar-refractivity contribution in [2.45, 2.75) is 89.8 Å². The van der Waals surface area contributed by atoms with E-state index in [4.69, 9.17) is 9.64 Å². The minimum Gasteiger partial charge on any atom is -0.427 e. The molecule has 5 heteroatoms. The van der Waals surface area contributed by atoms with Crippen LogP contribution in [0.3, 0.4) is 0 Å². The van der Waals surface area contributed by atoms with E-state index in [0.29, 0.717) is 7.48 Å². The van der Waals surface area contributed by atoms with Gasteiger partial charge in [-0.3, -0.25) is 4.57 Å². The van der Waals surface area contributed by atoms with Crippen molar-refractivity contribution < 1.29 is 9.76 Å². The Labute approximate surface area is 227 Å². The van der Waals surface area contributed by atoms with E-state index in [1.54, 1.807) is 0 Å². The van der Waals surface area contributed by atoms with E-state index in [9.17, 15) is 5.11 Å². The largest absolute Gasteiger partial charge is 0.427 e. The van der Waals surface area contributed by atoms with Crippen molar-refractivity contribution in [2.24, 2.45) is 0 Å². The highest BCUT2D eigenvalue weighted by Gasteiger charge is 2.44. The van der Waals surface area contributed by atoms with Crippen LogP contribution >= 0.6 is 0 Å². The summed E-state index contributed by atoms with van der Waals surface area (Å²) in [5.74, 6) is 1.10. The van der Waals surface area contributed by atoms with Crippen molar-refractivity contribution in [2.75, 3.05) is 0 Å². The van der Waals surface area contributed by atoms with Gasteiger partial charge in [-0.25, -0.2) is 4.98 Å². The second kappa shape index (κ2) is 9.10.